The molecule has 1 aromatic carbocycles. The van der Waals surface area contributed by atoms with Crippen LogP contribution in [0.25, 0.3) is 0 Å². The highest BCUT2D eigenvalue weighted by Gasteiger charge is 2.14. The fourth-order valence-corrected chi connectivity index (χ4v) is 4.04. The van der Waals surface area contributed by atoms with Gasteiger partial charge in [-0.05, 0) is 74.3 Å². The van der Waals surface area contributed by atoms with E-state index in [-0.39, 0.29) is 24.2 Å². The summed E-state index contributed by atoms with van der Waals surface area (Å²) in [5, 5.41) is 11.3. The Morgan fingerprint density at radius 1 is 1.21 bits per heavy atom. The molecule has 5 nitrogen and oxygen atoms in total. The molecular formula is C21H28ClN3O2S. The average molecular weight is 422 g/mol. The van der Waals surface area contributed by atoms with Crippen molar-refractivity contribution in [1.82, 2.24) is 10.6 Å². The Balaban J connectivity index is 0.00000280. The van der Waals surface area contributed by atoms with Gasteiger partial charge in [-0.25, -0.2) is 0 Å². The van der Waals surface area contributed by atoms with E-state index in [1.165, 1.54) is 11.3 Å². The van der Waals surface area contributed by atoms with E-state index in [1.54, 1.807) is 29.5 Å². The van der Waals surface area contributed by atoms with Crippen molar-refractivity contribution in [3.63, 3.8) is 0 Å². The lowest BCUT2D eigenvalue weighted by Crippen LogP contribution is -2.26. The van der Waals surface area contributed by atoms with Crippen molar-refractivity contribution < 1.29 is 9.59 Å². The molecule has 3 rings (SSSR count). The molecule has 1 saturated heterocycles. The standard InChI is InChI=1S/C21H27N3O2S.ClH/c25-20(8-2-6-19-7-3-13-27-19)24-18-5-1-4-17(14-18)21(26)23-12-10-16-9-11-22-15-16;/h1,3-5,7,13-14,16,22H,2,6,8-12,15H2,(H,23,26)(H,24,25);1H. The number of hydrogen-bond acceptors (Lipinski definition) is 4. The van der Waals surface area contributed by atoms with Gasteiger partial charge in [0.15, 0.2) is 0 Å². The lowest BCUT2D eigenvalue weighted by Gasteiger charge is -2.10. The lowest BCUT2D eigenvalue weighted by atomic mass is 10.1. The molecule has 1 aliphatic heterocycles. The molecule has 28 heavy (non-hydrogen) atoms. The summed E-state index contributed by atoms with van der Waals surface area (Å²) < 4.78 is 0. The Morgan fingerprint density at radius 3 is 2.86 bits per heavy atom. The highest BCUT2D eigenvalue weighted by Crippen LogP contribution is 2.15. The summed E-state index contributed by atoms with van der Waals surface area (Å²) in [5.74, 6) is 0.553. The SMILES string of the molecule is Cl.O=C(CCCc1cccs1)Nc1cccc(C(=O)NCCC2CCNC2)c1. The Labute approximate surface area is 176 Å². The number of amides is 2. The van der Waals surface area contributed by atoms with Crippen LogP contribution >= 0.6 is 23.7 Å². The van der Waals surface area contributed by atoms with Crippen molar-refractivity contribution in [2.45, 2.75) is 32.1 Å². The summed E-state index contributed by atoms with van der Waals surface area (Å²) in [4.78, 5) is 25.7. The fourth-order valence-electron chi connectivity index (χ4n) is 3.29. The van der Waals surface area contributed by atoms with Gasteiger partial charge in [-0.1, -0.05) is 12.1 Å². The van der Waals surface area contributed by atoms with Crippen LogP contribution in [0.3, 0.4) is 0 Å². The van der Waals surface area contributed by atoms with Crippen LogP contribution in [0.1, 0.15) is 40.9 Å². The minimum absolute atomic E-state index is 0. The Hall–Kier alpha value is -1.89. The van der Waals surface area contributed by atoms with Crippen LogP contribution in [0.5, 0.6) is 0 Å². The highest BCUT2D eigenvalue weighted by atomic mass is 35.5. The number of aryl methyl sites for hydroxylation is 1. The maximum atomic E-state index is 12.3. The summed E-state index contributed by atoms with van der Waals surface area (Å²) in [5.41, 5.74) is 1.25. The molecule has 1 fully saturated rings. The molecule has 7 heteroatoms. The average Bonchev–Trinajstić information content (AvgIpc) is 3.36. The molecule has 0 radical (unpaired) electrons. The minimum atomic E-state index is -0.0882. The number of hydrogen-bond donors (Lipinski definition) is 3. The maximum Gasteiger partial charge on any atom is 0.251 e. The van der Waals surface area contributed by atoms with Crippen LogP contribution in [0.4, 0.5) is 5.69 Å². The van der Waals surface area contributed by atoms with Gasteiger partial charge in [0.1, 0.15) is 0 Å². The third kappa shape index (κ3) is 7.26. The summed E-state index contributed by atoms with van der Waals surface area (Å²) in [7, 11) is 0. The molecule has 0 bridgehead atoms. The molecule has 0 spiro atoms. The molecule has 3 N–H and O–H groups in total. The van der Waals surface area contributed by atoms with Gasteiger partial charge in [-0.2, -0.15) is 0 Å². The van der Waals surface area contributed by atoms with E-state index >= 15 is 0 Å². The van der Waals surface area contributed by atoms with E-state index < -0.39 is 0 Å². The topological polar surface area (TPSA) is 70.2 Å². The normalized spacial score (nSPS) is 15.6. The molecule has 1 aromatic heterocycles. The maximum absolute atomic E-state index is 12.3. The number of benzene rings is 1. The molecule has 152 valence electrons. The molecule has 0 saturated carbocycles. The van der Waals surface area contributed by atoms with Crippen LogP contribution in [-0.4, -0.2) is 31.4 Å². The van der Waals surface area contributed by atoms with E-state index in [0.717, 1.165) is 32.4 Å². The van der Waals surface area contributed by atoms with Crippen molar-refractivity contribution in [2.24, 2.45) is 5.92 Å². The molecule has 1 atom stereocenters. The number of carbonyl (C=O) groups is 2. The zero-order chi connectivity index (χ0) is 18.9. The molecule has 1 unspecified atom stereocenters. The van der Waals surface area contributed by atoms with Crippen molar-refractivity contribution >= 4 is 41.2 Å². The van der Waals surface area contributed by atoms with E-state index in [4.69, 9.17) is 0 Å². The van der Waals surface area contributed by atoms with Gasteiger partial charge in [-0.3, -0.25) is 9.59 Å². The van der Waals surface area contributed by atoms with Gasteiger partial charge >= 0.3 is 0 Å². The number of halogens is 1. The van der Waals surface area contributed by atoms with Crippen LogP contribution < -0.4 is 16.0 Å². The van der Waals surface area contributed by atoms with E-state index in [1.807, 2.05) is 12.1 Å². The molecular weight excluding hydrogens is 394 g/mol. The van der Waals surface area contributed by atoms with Crippen molar-refractivity contribution in [1.29, 1.82) is 0 Å². The van der Waals surface area contributed by atoms with Gasteiger partial charge in [0.2, 0.25) is 5.91 Å². The fraction of sp³-hybridized carbons (Fsp3) is 0.429. The quantitative estimate of drug-likeness (QED) is 0.575. The van der Waals surface area contributed by atoms with Gasteiger partial charge in [0.25, 0.3) is 5.91 Å². The monoisotopic (exact) mass is 421 g/mol. The summed E-state index contributed by atoms with van der Waals surface area (Å²) in [6, 6.07) is 11.3. The smallest absolute Gasteiger partial charge is 0.251 e. The third-order valence-electron chi connectivity index (χ3n) is 4.82. The number of rotatable bonds is 9. The second-order valence-electron chi connectivity index (χ2n) is 6.97. The zero-order valence-electron chi connectivity index (χ0n) is 15.9. The predicted molar refractivity (Wildman–Crippen MR) is 118 cm³/mol. The number of nitrogens with one attached hydrogen (secondary N) is 3. The predicted octanol–water partition coefficient (Wildman–Crippen LogP) is 3.86. The highest BCUT2D eigenvalue weighted by molar-refractivity contribution is 7.09. The van der Waals surface area contributed by atoms with Gasteiger partial charge in [-0.15, -0.1) is 23.7 Å². The first kappa shape index (κ1) is 22.4. The minimum Gasteiger partial charge on any atom is -0.352 e. The molecule has 0 aliphatic carbocycles. The summed E-state index contributed by atoms with van der Waals surface area (Å²) >= 11 is 1.72. The Kier molecular flexibility index (Phi) is 9.47. The van der Waals surface area contributed by atoms with Crippen LogP contribution in [0.2, 0.25) is 0 Å². The molecule has 1 aliphatic rings. The van der Waals surface area contributed by atoms with Crippen molar-refractivity contribution in [3.8, 4) is 0 Å². The van der Waals surface area contributed by atoms with Crippen LogP contribution in [-0.2, 0) is 11.2 Å². The van der Waals surface area contributed by atoms with Crippen LogP contribution in [0.15, 0.2) is 41.8 Å². The van der Waals surface area contributed by atoms with Gasteiger partial charge in [0.05, 0.1) is 0 Å². The van der Waals surface area contributed by atoms with E-state index in [0.29, 0.717) is 30.1 Å². The second kappa shape index (κ2) is 11.8. The first-order valence-corrected chi connectivity index (χ1v) is 10.5. The Bertz CT molecular complexity index is 746. The first-order chi connectivity index (χ1) is 13.2. The number of anilines is 1. The second-order valence-corrected chi connectivity index (χ2v) is 8.00. The van der Waals surface area contributed by atoms with Crippen molar-refractivity contribution in [3.05, 3.63) is 52.2 Å². The zero-order valence-corrected chi connectivity index (χ0v) is 17.5. The first-order valence-electron chi connectivity index (χ1n) is 9.62. The summed E-state index contributed by atoms with van der Waals surface area (Å²) in [6.07, 6.45) is 4.40. The Morgan fingerprint density at radius 2 is 2.11 bits per heavy atom. The van der Waals surface area contributed by atoms with Gasteiger partial charge in [0, 0.05) is 29.1 Å². The lowest BCUT2D eigenvalue weighted by molar-refractivity contribution is -0.116. The van der Waals surface area contributed by atoms with E-state index in [2.05, 4.69) is 27.4 Å². The third-order valence-corrected chi connectivity index (χ3v) is 5.75. The van der Waals surface area contributed by atoms with Gasteiger partial charge < -0.3 is 16.0 Å². The van der Waals surface area contributed by atoms with Crippen LogP contribution in [0, 0.1) is 5.92 Å². The molecule has 2 heterocycles. The molecule has 2 aromatic rings. The number of carbonyl (C=O) groups excluding carboxylic acids is 2. The summed E-state index contributed by atoms with van der Waals surface area (Å²) in [6.45, 7) is 2.81. The number of thiophene rings is 1. The molecule has 2 amide bonds. The van der Waals surface area contributed by atoms with Crippen molar-refractivity contribution in [2.75, 3.05) is 25.0 Å². The van der Waals surface area contributed by atoms with E-state index in [9.17, 15) is 9.59 Å². The largest absolute Gasteiger partial charge is 0.352 e.